The molecule has 0 fully saturated rings. The number of halogens is 1. The van der Waals surface area contributed by atoms with Gasteiger partial charge in [-0.1, -0.05) is 17.5 Å². The highest BCUT2D eigenvalue weighted by atomic mass is 35.5. The van der Waals surface area contributed by atoms with Gasteiger partial charge in [-0.3, -0.25) is 0 Å². The molecule has 1 aromatic rings. The van der Waals surface area contributed by atoms with Crippen LogP contribution in [-0.2, 0) is 9.84 Å². The van der Waals surface area contributed by atoms with Crippen LogP contribution in [0, 0.1) is 11.2 Å². The molecular weight excluding hydrogens is 208 g/mol. The van der Waals surface area contributed by atoms with Gasteiger partial charge in [0.2, 0.25) is 9.84 Å². The highest BCUT2D eigenvalue weighted by molar-refractivity contribution is 7.95. The van der Waals surface area contributed by atoms with Gasteiger partial charge >= 0.3 is 0 Å². The third-order valence-electron chi connectivity index (χ3n) is 1.22. The molecule has 0 N–H and O–H groups in total. The summed E-state index contributed by atoms with van der Waals surface area (Å²) in [6, 6.07) is 6.66. The van der Waals surface area contributed by atoms with Crippen molar-refractivity contribution in [3.8, 4) is 11.2 Å². The lowest BCUT2D eigenvalue weighted by Crippen LogP contribution is -1.88. The molecule has 0 aliphatic rings. The van der Waals surface area contributed by atoms with Crippen molar-refractivity contribution in [2.24, 2.45) is 0 Å². The summed E-state index contributed by atoms with van der Waals surface area (Å²) in [5, 5.41) is 2.74. The first-order valence-corrected chi connectivity index (χ1v) is 5.73. The van der Waals surface area contributed by atoms with Crippen LogP contribution in [-0.4, -0.2) is 14.7 Å². The van der Waals surface area contributed by atoms with E-state index in [1.54, 1.807) is 24.3 Å². The number of benzene rings is 1. The maximum atomic E-state index is 10.7. The minimum atomic E-state index is -3.23. The molecular formula is C9H7ClO2S. The van der Waals surface area contributed by atoms with Crippen molar-refractivity contribution >= 4 is 21.4 Å². The quantitative estimate of drug-likeness (QED) is 0.616. The van der Waals surface area contributed by atoms with Crippen LogP contribution in [0.1, 0.15) is 5.56 Å². The fourth-order valence-corrected chi connectivity index (χ4v) is 1.11. The second-order valence-corrected chi connectivity index (χ2v) is 4.69. The molecule has 0 aliphatic heterocycles. The molecule has 1 aromatic carbocycles. The van der Waals surface area contributed by atoms with Crippen molar-refractivity contribution in [1.29, 1.82) is 0 Å². The lowest BCUT2D eigenvalue weighted by molar-refractivity contribution is 0.611. The third kappa shape index (κ3) is 3.97. The molecule has 4 heteroatoms. The van der Waals surface area contributed by atoms with E-state index < -0.39 is 9.84 Å². The van der Waals surface area contributed by atoms with Gasteiger partial charge in [-0.25, -0.2) is 8.42 Å². The molecule has 0 heterocycles. The Morgan fingerprint density at radius 1 is 1.23 bits per heavy atom. The van der Waals surface area contributed by atoms with E-state index in [1.807, 2.05) is 0 Å². The summed E-state index contributed by atoms with van der Waals surface area (Å²) in [5.74, 6) is 2.52. The second kappa shape index (κ2) is 3.82. The van der Waals surface area contributed by atoms with E-state index in [0.29, 0.717) is 10.6 Å². The van der Waals surface area contributed by atoms with Crippen LogP contribution in [0.4, 0.5) is 0 Å². The molecule has 0 aromatic heterocycles. The summed E-state index contributed by atoms with van der Waals surface area (Å²) in [6.45, 7) is 0. The van der Waals surface area contributed by atoms with Crippen LogP contribution < -0.4 is 0 Å². The van der Waals surface area contributed by atoms with Crippen molar-refractivity contribution in [3.05, 3.63) is 34.9 Å². The van der Waals surface area contributed by atoms with E-state index in [4.69, 9.17) is 11.6 Å². The predicted octanol–water partition coefficient (Wildman–Crippen LogP) is 1.69. The molecule has 68 valence electrons. The zero-order valence-electron chi connectivity index (χ0n) is 6.91. The molecule has 0 unspecified atom stereocenters. The average Bonchev–Trinajstić information content (AvgIpc) is 2.02. The van der Waals surface area contributed by atoms with Crippen LogP contribution in [0.3, 0.4) is 0 Å². The standard InChI is InChI=1S/C9H7ClO2S/c1-13(11,12)7-6-8-2-4-9(10)5-3-8/h2-5H,1H3. The number of sulfone groups is 1. The molecule has 0 bridgehead atoms. The van der Waals surface area contributed by atoms with Crippen molar-refractivity contribution in [1.82, 2.24) is 0 Å². The van der Waals surface area contributed by atoms with Crippen LogP contribution >= 0.6 is 11.6 Å². The van der Waals surface area contributed by atoms with E-state index >= 15 is 0 Å². The monoisotopic (exact) mass is 214 g/mol. The summed E-state index contributed by atoms with van der Waals surface area (Å²) >= 11 is 5.64. The SMILES string of the molecule is CS(=O)(=O)C#Cc1ccc(Cl)cc1. The first-order valence-electron chi connectivity index (χ1n) is 3.46. The molecule has 0 aliphatic carbocycles. The van der Waals surface area contributed by atoms with Crippen molar-refractivity contribution in [2.45, 2.75) is 0 Å². The van der Waals surface area contributed by atoms with Crippen molar-refractivity contribution in [2.75, 3.05) is 6.26 Å². The van der Waals surface area contributed by atoms with E-state index in [1.165, 1.54) is 0 Å². The Morgan fingerprint density at radius 3 is 2.23 bits per heavy atom. The lowest BCUT2D eigenvalue weighted by Gasteiger charge is -1.89. The Morgan fingerprint density at radius 2 is 1.77 bits per heavy atom. The highest BCUT2D eigenvalue weighted by Gasteiger charge is 1.92. The van der Waals surface area contributed by atoms with Gasteiger partial charge in [0.05, 0.1) is 6.26 Å². The van der Waals surface area contributed by atoms with Gasteiger partial charge in [0.25, 0.3) is 0 Å². The summed E-state index contributed by atoms with van der Waals surface area (Å²) in [7, 11) is -3.23. The van der Waals surface area contributed by atoms with E-state index in [9.17, 15) is 8.42 Å². The molecule has 1 rings (SSSR count). The maximum absolute atomic E-state index is 10.7. The minimum absolute atomic E-state index is 0.602. The van der Waals surface area contributed by atoms with Gasteiger partial charge < -0.3 is 0 Å². The molecule has 0 spiro atoms. The van der Waals surface area contributed by atoms with E-state index in [0.717, 1.165) is 6.26 Å². The van der Waals surface area contributed by atoms with Crippen LogP contribution in [0.2, 0.25) is 5.02 Å². The first kappa shape index (κ1) is 10.1. The first-order chi connectivity index (χ1) is 5.97. The molecule has 0 atom stereocenters. The number of hydrogen-bond acceptors (Lipinski definition) is 2. The summed E-state index contributed by atoms with van der Waals surface area (Å²) in [5.41, 5.74) is 0.634. The Hall–Kier alpha value is -0.980. The fourth-order valence-electron chi connectivity index (χ4n) is 0.685. The minimum Gasteiger partial charge on any atom is -0.216 e. The summed E-state index contributed by atoms with van der Waals surface area (Å²) in [6.07, 6.45) is 1.07. The average molecular weight is 215 g/mol. The van der Waals surface area contributed by atoms with Gasteiger partial charge in [0, 0.05) is 15.8 Å². The fraction of sp³-hybridized carbons (Fsp3) is 0.111. The van der Waals surface area contributed by atoms with Crippen molar-refractivity contribution < 1.29 is 8.42 Å². The topological polar surface area (TPSA) is 34.1 Å². The molecule has 0 saturated carbocycles. The smallest absolute Gasteiger partial charge is 0.214 e. The molecule has 0 saturated heterocycles. The Bertz CT molecular complexity index is 449. The molecule has 0 amide bonds. The van der Waals surface area contributed by atoms with Gasteiger partial charge in [-0.05, 0) is 24.3 Å². The third-order valence-corrected chi connectivity index (χ3v) is 1.95. The predicted molar refractivity (Wildman–Crippen MR) is 53.2 cm³/mol. The number of hydrogen-bond donors (Lipinski definition) is 0. The van der Waals surface area contributed by atoms with Gasteiger partial charge in [0.15, 0.2) is 0 Å². The Labute approximate surface area is 82.5 Å². The van der Waals surface area contributed by atoms with Crippen LogP contribution in [0.5, 0.6) is 0 Å². The molecule has 2 nitrogen and oxygen atoms in total. The van der Waals surface area contributed by atoms with Crippen molar-refractivity contribution in [3.63, 3.8) is 0 Å². The second-order valence-electron chi connectivity index (χ2n) is 2.51. The van der Waals surface area contributed by atoms with E-state index in [2.05, 4.69) is 11.2 Å². The Balaban J connectivity index is 2.98. The normalized spacial score (nSPS) is 10.3. The largest absolute Gasteiger partial charge is 0.216 e. The zero-order valence-corrected chi connectivity index (χ0v) is 8.48. The molecule has 0 radical (unpaired) electrons. The molecule has 13 heavy (non-hydrogen) atoms. The van der Waals surface area contributed by atoms with Gasteiger partial charge in [-0.2, -0.15) is 0 Å². The van der Waals surface area contributed by atoms with Gasteiger partial charge in [0.1, 0.15) is 0 Å². The van der Waals surface area contributed by atoms with Gasteiger partial charge in [-0.15, -0.1) is 0 Å². The number of rotatable bonds is 0. The zero-order chi connectivity index (χ0) is 9.90. The summed E-state index contributed by atoms with van der Waals surface area (Å²) in [4.78, 5) is 0. The maximum Gasteiger partial charge on any atom is 0.214 e. The van der Waals surface area contributed by atoms with Crippen LogP contribution in [0.15, 0.2) is 24.3 Å². The summed E-state index contributed by atoms with van der Waals surface area (Å²) < 4.78 is 21.3. The Kier molecular flexibility index (Phi) is 2.97. The lowest BCUT2D eigenvalue weighted by atomic mass is 10.2. The highest BCUT2D eigenvalue weighted by Crippen LogP contribution is 2.08. The van der Waals surface area contributed by atoms with E-state index in [-0.39, 0.29) is 0 Å². The van der Waals surface area contributed by atoms with Crippen LogP contribution in [0.25, 0.3) is 0 Å².